The van der Waals surface area contributed by atoms with Gasteiger partial charge < -0.3 is 9.84 Å². The van der Waals surface area contributed by atoms with Crippen molar-refractivity contribution in [2.75, 3.05) is 11.9 Å². The molecule has 3 aromatic rings. The summed E-state index contributed by atoms with van der Waals surface area (Å²) < 4.78 is 6.84. The molecule has 3 aromatic heterocycles. The number of anilines is 1. The lowest BCUT2D eigenvalue weighted by molar-refractivity contribution is 0.377. The second-order valence-corrected chi connectivity index (χ2v) is 5.01. The second-order valence-electron chi connectivity index (χ2n) is 5.01. The van der Waals surface area contributed by atoms with E-state index < -0.39 is 0 Å². The molecule has 0 saturated carbocycles. The van der Waals surface area contributed by atoms with Crippen molar-refractivity contribution in [3.05, 3.63) is 41.6 Å². The lowest BCUT2D eigenvalue weighted by Crippen LogP contribution is -2.09. The number of hydrogen-bond donors (Lipinski definition) is 1. The van der Waals surface area contributed by atoms with Crippen molar-refractivity contribution in [3.8, 4) is 5.82 Å². The molecule has 3 rings (SSSR count). The smallest absolute Gasteiger partial charge is 0.228 e. The van der Waals surface area contributed by atoms with E-state index in [1.165, 1.54) is 0 Å². The number of nitrogens with one attached hydrogen (secondary N) is 1. The Morgan fingerprint density at radius 2 is 2.05 bits per heavy atom. The van der Waals surface area contributed by atoms with Crippen LogP contribution in [0.5, 0.6) is 0 Å². The van der Waals surface area contributed by atoms with Crippen LogP contribution in [-0.4, -0.2) is 36.4 Å². The molecule has 114 valence electrons. The van der Waals surface area contributed by atoms with Crippen LogP contribution in [0.1, 0.15) is 23.1 Å². The Bertz CT molecular complexity index is 777. The van der Waals surface area contributed by atoms with Crippen LogP contribution in [0.4, 0.5) is 5.82 Å². The Balaban J connectivity index is 1.67. The maximum absolute atomic E-state index is 5.06. The first-order valence-electron chi connectivity index (χ1n) is 7.00. The third-order valence-electron chi connectivity index (χ3n) is 3.06. The van der Waals surface area contributed by atoms with Gasteiger partial charge in [-0.2, -0.15) is 10.1 Å². The molecule has 22 heavy (non-hydrogen) atoms. The molecule has 0 atom stereocenters. The van der Waals surface area contributed by atoms with Gasteiger partial charge in [0, 0.05) is 18.7 Å². The zero-order chi connectivity index (χ0) is 15.5. The molecule has 8 heteroatoms. The molecule has 0 aliphatic carbocycles. The minimum absolute atomic E-state index is 0.604. The van der Waals surface area contributed by atoms with Crippen LogP contribution in [-0.2, 0) is 6.42 Å². The summed E-state index contributed by atoms with van der Waals surface area (Å²) in [4.78, 5) is 12.9. The summed E-state index contributed by atoms with van der Waals surface area (Å²) in [6.45, 7) is 6.37. The van der Waals surface area contributed by atoms with Gasteiger partial charge in [-0.15, -0.1) is 0 Å². The highest BCUT2D eigenvalue weighted by molar-refractivity contribution is 5.36. The Morgan fingerprint density at radius 3 is 2.73 bits per heavy atom. The molecule has 0 radical (unpaired) electrons. The minimum Gasteiger partial charge on any atom is -0.368 e. The molecule has 0 fully saturated rings. The molecule has 0 aliphatic rings. The van der Waals surface area contributed by atoms with E-state index in [1.54, 1.807) is 24.0 Å². The summed E-state index contributed by atoms with van der Waals surface area (Å²) in [5, 5.41) is 11.4. The van der Waals surface area contributed by atoms with E-state index in [1.807, 2.05) is 19.9 Å². The quantitative estimate of drug-likeness (QED) is 0.765. The fourth-order valence-corrected chi connectivity index (χ4v) is 2.14. The van der Waals surface area contributed by atoms with Gasteiger partial charge in [-0.25, -0.2) is 9.67 Å². The number of nitrogens with zero attached hydrogens (tertiary/aromatic N) is 6. The zero-order valence-corrected chi connectivity index (χ0v) is 12.7. The van der Waals surface area contributed by atoms with Crippen LogP contribution < -0.4 is 5.32 Å². The Hall–Kier alpha value is -2.77. The average Bonchev–Trinajstić information content (AvgIpc) is 3.05. The van der Waals surface area contributed by atoms with Crippen molar-refractivity contribution >= 4 is 5.82 Å². The predicted octanol–water partition coefficient (Wildman–Crippen LogP) is 1.63. The molecule has 0 unspecified atom stereocenters. The van der Waals surface area contributed by atoms with Crippen molar-refractivity contribution < 1.29 is 4.52 Å². The molecule has 0 spiro atoms. The highest BCUT2D eigenvalue weighted by Crippen LogP contribution is 2.11. The molecule has 0 saturated heterocycles. The first-order chi connectivity index (χ1) is 10.6. The normalized spacial score (nSPS) is 10.9. The predicted molar refractivity (Wildman–Crippen MR) is 79.9 cm³/mol. The molecular weight excluding hydrogens is 282 g/mol. The van der Waals surface area contributed by atoms with E-state index in [0.29, 0.717) is 36.3 Å². The van der Waals surface area contributed by atoms with Crippen LogP contribution in [0.3, 0.4) is 0 Å². The first-order valence-corrected chi connectivity index (χ1v) is 7.00. The third-order valence-corrected chi connectivity index (χ3v) is 3.06. The fourth-order valence-electron chi connectivity index (χ4n) is 2.14. The Kier molecular flexibility index (Phi) is 3.82. The monoisotopic (exact) mass is 299 g/mol. The van der Waals surface area contributed by atoms with Crippen LogP contribution in [0.25, 0.3) is 5.82 Å². The minimum atomic E-state index is 0.604. The molecule has 0 aromatic carbocycles. The number of hydrogen-bond acceptors (Lipinski definition) is 7. The summed E-state index contributed by atoms with van der Waals surface area (Å²) >= 11 is 0. The highest BCUT2D eigenvalue weighted by Gasteiger charge is 2.07. The maximum atomic E-state index is 5.06. The molecule has 3 heterocycles. The topological polar surface area (TPSA) is 94.6 Å². The van der Waals surface area contributed by atoms with Crippen molar-refractivity contribution in [1.29, 1.82) is 0 Å². The molecule has 1 N–H and O–H groups in total. The van der Waals surface area contributed by atoms with Crippen LogP contribution >= 0.6 is 0 Å². The van der Waals surface area contributed by atoms with Gasteiger partial charge in [-0.3, -0.25) is 4.98 Å². The van der Waals surface area contributed by atoms with Crippen LogP contribution in [0, 0.1) is 20.8 Å². The van der Waals surface area contributed by atoms with Crippen molar-refractivity contribution in [2.24, 2.45) is 0 Å². The zero-order valence-electron chi connectivity index (χ0n) is 12.7. The van der Waals surface area contributed by atoms with E-state index in [9.17, 15) is 0 Å². The second kappa shape index (κ2) is 5.92. The van der Waals surface area contributed by atoms with E-state index in [4.69, 9.17) is 4.52 Å². The molecule has 0 aliphatic heterocycles. The third kappa shape index (κ3) is 3.11. The fraction of sp³-hybridized carbons (Fsp3) is 0.357. The van der Waals surface area contributed by atoms with Crippen molar-refractivity contribution in [1.82, 2.24) is 29.9 Å². The standard InChI is InChI=1S/C14H17N7O/c1-9-6-10(2)21(19-9)13-8-15-7-12(18-13)16-5-4-14-17-11(3)20-22-14/h6-8H,4-5H2,1-3H3,(H,16,18). The first kappa shape index (κ1) is 14.2. The van der Waals surface area contributed by atoms with Gasteiger partial charge in [0.25, 0.3) is 0 Å². The lowest BCUT2D eigenvalue weighted by atomic mass is 10.4. The SMILES string of the molecule is Cc1cc(C)n(-c2cncc(NCCc3nc(C)no3)n2)n1. The van der Waals surface area contributed by atoms with Gasteiger partial charge >= 0.3 is 0 Å². The van der Waals surface area contributed by atoms with E-state index in [-0.39, 0.29) is 0 Å². The van der Waals surface area contributed by atoms with Crippen molar-refractivity contribution in [3.63, 3.8) is 0 Å². The van der Waals surface area contributed by atoms with Gasteiger partial charge in [-0.1, -0.05) is 5.16 Å². The van der Waals surface area contributed by atoms with Gasteiger partial charge in [-0.05, 0) is 26.8 Å². The van der Waals surface area contributed by atoms with Crippen LogP contribution in [0.15, 0.2) is 23.0 Å². The summed E-state index contributed by atoms with van der Waals surface area (Å²) in [5.74, 6) is 2.61. The number of aromatic nitrogens is 6. The van der Waals surface area contributed by atoms with Crippen LogP contribution in [0.2, 0.25) is 0 Å². The van der Waals surface area contributed by atoms with E-state index >= 15 is 0 Å². The Morgan fingerprint density at radius 1 is 1.18 bits per heavy atom. The number of rotatable bonds is 5. The summed E-state index contributed by atoms with van der Waals surface area (Å²) in [5.41, 5.74) is 1.97. The van der Waals surface area contributed by atoms with Gasteiger partial charge in [0.15, 0.2) is 11.6 Å². The molecule has 0 bridgehead atoms. The van der Waals surface area contributed by atoms with Gasteiger partial charge in [0.05, 0.1) is 18.1 Å². The van der Waals surface area contributed by atoms with E-state index in [0.717, 1.165) is 11.4 Å². The highest BCUT2D eigenvalue weighted by atomic mass is 16.5. The summed E-state index contributed by atoms with van der Waals surface area (Å²) in [6.07, 6.45) is 3.99. The number of aryl methyl sites for hydroxylation is 3. The lowest BCUT2D eigenvalue weighted by Gasteiger charge is -2.07. The summed E-state index contributed by atoms with van der Waals surface area (Å²) in [6, 6.07) is 2.00. The largest absolute Gasteiger partial charge is 0.368 e. The molecular formula is C14H17N7O. The maximum Gasteiger partial charge on any atom is 0.228 e. The van der Waals surface area contributed by atoms with Crippen molar-refractivity contribution in [2.45, 2.75) is 27.2 Å². The Labute approximate surface area is 127 Å². The van der Waals surface area contributed by atoms with E-state index in [2.05, 4.69) is 30.5 Å². The summed E-state index contributed by atoms with van der Waals surface area (Å²) in [7, 11) is 0. The average molecular weight is 299 g/mol. The molecule has 8 nitrogen and oxygen atoms in total. The molecule has 0 amide bonds. The van der Waals surface area contributed by atoms with Gasteiger partial charge in [0.1, 0.15) is 5.82 Å². The van der Waals surface area contributed by atoms with Gasteiger partial charge in [0.2, 0.25) is 5.89 Å².